The van der Waals surface area contributed by atoms with Crippen LogP contribution in [0.25, 0.3) is 17.2 Å². The van der Waals surface area contributed by atoms with Gasteiger partial charge in [-0.3, -0.25) is 14.6 Å². The molecule has 0 spiro atoms. The maximum Gasteiger partial charge on any atom is 0.313 e. The maximum atomic E-state index is 15.2. The van der Waals surface area contributed by atoms with Gasteiger partial charge < -0.3 is 10.5 Å². The molecule has 1 aliphatic carbocycles. The molecule has 1 saturated heterocycles. The number of hydrogen-bond acceptors (Lipinski definition) is 5. The molecule has 0 bridgehead atoms. The average Bonchev–Trinajstić information content (AvgIpc) is 3.07. The fourth-order valence-corrected chi connectivity index (χ4v) is 5.69. The molecule has 1 saturated carbocycles. The van der Waals surface area contributed by atoms with E-state index in [1.807, 2.05) is 18.2 Å². The predicted molar refractivity (Wildman–Crippen MR) is 126 cm³/mol. The van der Waals surface area contributed by atoms with Gasteiger partial charge in [-0.1, -0.05) is 37.3 Å². The molecule has 5 atom stereocenters. The smallest absolute Gasteiger partial charge is 0.313 e. The second kappa shape index (κ2) is 9.21. The van der Waals surface area contributed by atoms with Gasteiger partial charge >= 0.3 is 5.97 Å². The number of primary amides is 1. The molecule has 8 heteroatoms. The van der Waals surface area contributed by atoms with Gasteiger partial charge in [-0.2, -0.15) is 5.26 Å². The van der Waals surface area contributed by atoms with Gasteiger partial charge in [0, 0.05) is 42.0 Å². The van der Waals surface area contributed by atoms with Crippen LogP contribution < -0.4 is 5.73 Å². The number of halogens is 2. The Labute approximate surface area is 202 Å². The fraction of sp³-hybridized carbons (Fsp3) is 0.407. The topological polar surface area (TPSA) is 106 Å². The van der Waals surface area contributed by atoms with Crippen LogP contribution in [-0.2, 0) is 14.3 Å². The number of cyclic esters (lactones) is 1. The van der Waals surface area contributed by atoms with Crippen LogP contribution in [0.5, 0.6) is 0 Å². The molecule has 2 fully saturated rings. The van der Waals surface area contributed by atoms with Gasteiger partial charge in [0.1, 0.15) is 6.10 Å². The molecule has 6 nitrogen and oxygen atoms in total. The Morgan fingerprint density at radius 3 is 2.69 bits per heavy atom. The molecule has 0 radical (unpaired) electrons. The van der Waals surface area contributed by atoms with E-state index in [2.05, 4.69) is 11.1 Å². The number of allylic oxidation sites excluding steroid dienone is 1. The fourth-order valence-electron chi connectivity index (χ4n) is 5.69. The van der Waals surface area contributed by atoms with Gasteiger partial charge in [0.2, 0.25) is 5.91 Å². The molecule has 1 aromatic heterocycles. The van der Waals surface area contributed by atoms with Crippen molar-refractivity contribution in [1.29, 1.82) is 5.26 Å². The van der Waals surface area contributed by atoms with E-state index in [1.165, 1.54) is 6.92 Å². The van der Waals surface area contributed by atoms with Crippen molar-refractivity contribution in [3.63, 3.8) is 0 Å². The summed E-state index contributed by atoms with van der Waals surface area (Å²) in [6.07, 6.45) is 3.55. The molecule has 4 rings (SSSR count). The van der Waals surface area contributed by atoms with Crippen LogP contribution in [0.15, 0.2) is 48.7 Å². The van der Waals surface area contributed by atoms with E-state index in [-0.39, 0.29) is 12.8 Å². The van der Waals surface area contributed by atoms with Gasteiger partial charge in [0.15, 0.2) is 0 Å². The van der Waals surface area contributed by atoms with Crippen molar-refractivity contribution in [1.82, 2.24) is 4.98 Å². The lowest BCUT2D eigenvalue weighted by molar-refractivity contribution is -0.172. The number of ether oxygens (including phenoxy) is 1. The Morgan fingerprint density at radius 2 is 2.03 bits per heavy atom. The number of carbonyl (C=O) groups excluding carboxylic acids is 2. The zero-order valence-electron chi connectivity index (χ0n) is 19.6. The van der Waals surface area contributed by atoms with E-state index in [0.29, 0.717) is 11.3 Å². The Balaban J connectivity index is 1.65. The minimum Gasteiger partial charge on any atom is -0.462 e. The average molecular weight is 480 g/mol. The number of nitrogens with zero attached hydrogens (tertiary/aromatic N) is 2. The number of esters is 1. The van der Waals surface area contributed by atoms with E-state index in [9.17, 15) is 14.9 Å². The van der Waals surface area contributed by atoms with Crippen LogP contribution in [0.3, 0.4) is 0 Å². The first-order chi connectivity index (χ1) is 16.6. The summed E-state index contributed by atoms with van der Waals surface area (Å²) in [6, 6.07) is 12.9. The number of hydrogen-bond donors (Lipinski definition) is 1. The van der Waals surface area contributed by atoms with Crippen molar-refractivity contribution >= 4 is 18.0 Å². The van der Waals surface area contributed by atoms with Crippen molar-refractivity contribution in [2.75, 3.05) is 0 Å². The first-order valence-electron chi connectivity index (χ1n) is 11.6. The molecule has 1 aliphatic heterocycles. The Morgan fingerprint density at radius 1 is 1.29 bits per heavy atom. The van der Waals surface area contributed by atoms with Crippen LogP contribution in [0.2, 0.25) is 0 Å². The first-order valence-corrected chi connectivity index (χ1v) is 11.6. The number of carbonyl (C=O) groups is 2. The molecule has 0 unspecified atom stereocenters. The van der Waals surface area contributed by atoms with Crippen LogP contribution in [0.1, 0.15) is 44.4 Å². The number of aromatic nitrogens is 1. The quantitative estimate of drug-likeness (QED) is 0.603. The first kappa shape index (κ1) is 24.5. The van der Waals surface area contributed by atoms with Crippen molar-refractivity contribution < 1.29 is 23.1 Å². The summed E-state index contributed by atoms with van der Waals surface area (Å²) in [6.45, 7) is 3.20. The highest BCUT2D eigenvalue weighted by atomic mass is 19.3. The zero-order valence-corrected chi connectivity index (χ0v) is 19.6. The highest BCUT2D eigenvalue weighted by molar-refractivity contribution is 5.82. The third-order valence-electron chi connectivity index (χ3n) is 7.50. The number of pyridine rings is 1. The minimum absolute atomic E-state index is 0.0614. The van der Waals surface area contributed by atoms with Crippen molar-refractivity contribution in [3.8, 4) is 17.2 Å². The number of nitrogens with two attached hydrogens (primary N) is 1. The third-order valence-corrected chi connectivity index (χ3v) is 7.50. The van der Waals surface area contributed by atoms with E-state index in [4.69, 9.17) is 10.5 Å². The molecule has 2 N–H and O–H groups in total. The summed E-state index contributed by atoms with van der Waals surface area (Å²) < 4.78 is 35.8. The summed E-state index contributed by atoms with van der Waals surface area (Å²) in [5.41, 5.74) is 6.44. The van der Waals surface area contributed by atoms with Gasteiger partial charge in [-0.15, -0.1) is 0 Å². The van der Waals surface area contributed by atoms with Gasteiger partial charge in [0.25, 0.3) is 5.92 Å². The summed E-state index contributed by atoms with van der Waals surface area (Å²) in [7, 11) is 0. The molecule has 2 aromatic rings. The van der Waals surface area contributed by atoms with E-state index in [1.54, 1.807) is 43.5 Å². The van der Waals surface area contributed by atoms with Gasteiger partial charge in [0.05, 0.1) is 22.7 Å². The molecule has 35 heavy (non-hydrogen) atoms. The number of benzene rings is 1. The molecule has 182 valence electrons. The third kappa shape index (κ3) is 4.43. The van der Waals surface area contributed by atoms with E-state index >= 15 is 8.78 Å². The molecular weight excluding hydrogens is 452 g/mol. The second-order valence-corrected chi connectivity index (χ2v) is 9.55. The van der Waals surface area contributed by atoms with Crippen LogP contribution in [-0.4, -0.2) is 28.9 Å². The van der Waals surface area contributed by atoms with E-state index < -0.39 is 53.5 Å². The summed E-state index contributed by atoms with van der Waals surface area (Å²) >= 11 is 0. The van der Waals surface area contributed by atoms with E-state index in [0.717, 1.165) is 11.1 Å². The lowest BCUT2D eigenvalue weighted by Crippen LogP contribution is -2.53. The normalized spacial score (nSPS) is 29.4. The number of fused-ring (bicyclic) bond motifs is 1. The lowest BCUT2D eigenvalue weighted by Gasteiger charge is -2.47. The van der Waals surface area contributed by atoms with Crippen LogP contribution >= 0.6 is 0 Å². The van der Waals surface area contributed by atoms with Gasteiger partial charge in [-0.05, 0) is 37.5 Å². The number of nitriles is 1. The summed E-state index contributed by atoms with van der Waals surface area (Å²) in [5, 5.41) is 9.33. The SMILES string of the molecule is C[C@H]1OC(=O)[C@]2(CCC(N)=O)CC(F)(F)[C@@H](C)[C@H](/C=C/c3ccc(-c4ccccc4C#N)cn3)[C@H]12. The van der Waals surface area contributed by atoms with Gasteiger partial charge in [-0.25, -0.2) is 8.78 Å². The summed E-state index contributed by atoms with van der Waals surface area (Å²) in [4.78, 5) is 28.7. The highest BCUT2D eigenvalue weighted by Gasteiger charge is 2.67. The van der Waals surface area contributed by atoms with Crippen LogP contribution in [0, 0.1) is 34.5 Å². The maximum absolute atomic E-state index is 15.2. The minimum atomic E-state index is -3.12. The number of rotatable bonds is 6. The number of amides is 1. The summed E-state index contributed by atoms with van der Waals surface area (Å²) in [5.74, 6) is -6.66. The molecular formula is C27H27F2N3O3. The predicted octanol–water partition coefficient (Wildman–Crippen LogP) is 4.74. The zero-order chi connectivity index (χ0) is 25.4. The van der Waals surface area contributed by atoms with Crippen molar-refractivity contribution in [3.05, 3.63) is 59.9 Å². The van der Waals surface area contributed by atoms with Crippen molar-refractivity contribution in [2.45, 2.75) is 45.1 Å². The Kier molecular flexibility index (Phi) is 6.46. The molecule has 1 amide bonds. The monoisotopic (exact) mass is 479 g/mol. The molecule has 2 aliphatic rings. The molecule has 1 aromatic carbocycles. The number of alkyl halides is 2. The Bertz CT molecular complexity index is 1200. The standard InChI is InChI=1S/C27H27F2N3O3/c1-16-21(10-9-20-8-7-19(14-32-20)22-6-4-3-5-18(22)13-30)24-17(2)35-25(34)26(24,12-11-23(31)33)15-27(16,28)29/h3-10,14,16-17,21,24H,11-12,15H2,1-2H3,(H2,31,33)/b10-9+/t16-,17+,21-,24-,26+/m0/s1. The lowest BCUT2D eigenvalue weighted by atomic mass is 9.55. The molecule has 2 heterocycles. The second-order valence-electron chi connectivity index (χ2n) is 9.55. The highest BCUT2D eigenvalue weighted by Crippen LogP contribution is 2.61. The van der Waals surface area contributed by atoms with Crippen molar-refractivity contribution in [2.24, 2.45) is 28.9 Å². The largest absolute Gasteiger partial charge is 0.462 e. The van der Waals surface area contributed by atoms with Crippen LogP contribution in [0.4, 0.5) is 8.78 Å². The Hall–Kier alpha value is -3.60.